The van der Waals surface area contributed by atoms with Gasteiger partial charge in [0, 0.05) is 25.7 Å². The normalized spacial score (nSPS) is 38.0. The van der Waals surface area contributed by atoms with Crippen molar-refractivity contribution in [2.75, 3.05) is 26.2 Å². The topological polar surface area (TPSA) is 89.0 Å². The smallest absolute Gasteiger partial charge is 0.260 e. The van der Waals surface area contributed by atoms with Crippen LogP contribution < -0.4 is 16.1 Å². The second-order valence-corrected chi connectivity index (χ2v) is 9.51. The summed E-state index contributed by atoms with van der Waals surface area (Å²) in [5.74, 6) is -0.373. The molecule has 3 saturated carbocycles. The summed E-state index contributed by atoms with van der Waals surface area (Å²) in [5.41, 5.74) is 2.86. The van der Waals surface area contributed by atoms with Crippen molar-refractivity contribution in [2.45, 2.75) is 94.9 Å². The molecule has 0 aromatic carbocycles. The Morgan fingerprint density at radius 2 is 1.82 bits per heavy atom. The molecule has 7 heteroatoms. The lowest BCUT2D eigenvalue weighted by Crippen LogP contribution is -2.85. The van der Waals surface area contributed by atoms with Crippen LogP contribution in [0.15, 0.2) is 0 Å². The van der Waals surface area contributed by atoms with E-state index in [-0.39, 0.29) is 12.7 Å². The Bertz CT molecular complexity index is 510. The number of hydrogen-bond donors (Lipinski definition) is 5. The second-order valence-electron chi connectivity index (χ2n) is 9.51. The van der Waals surface area contributed by atoms with Crippen LogP contribution in [0.1, 0.15) is 71.1 Å². The monoisotopic (exact) mass is 396 g/mol. The van der Waals surface area contributed by atoms with Crippen molar-refractivity contribution in [3.63, 3.8) is 0 Å². The van der Waals surface area contributed by atoms with E-state index in [1.165, 1.54) is 32.1 Å². The maximum absolute atomic E-state index is 12.0. The molecule has 0 radical (unpaired) electrons. The SMILES string of the molecule is CC1CN(NCCCO)C(NCC2CCC2)(C2CC2)C(O)(NC2CCCC2)O1. The summed E-state index contributed by atoms with van der Waals surface area (Å²) in [4.78, 5) is 0. The van der Waals surface area contributed by atoms with Gasteiger partial charge in [-0.05, 0) is 70.3 Å². The third-order valence-electron chi connectivity index (χ3n) is 7.20. The first-order valence-electron chi connectivity index (χ1n) is 11.6. The number of rotatable bonds is 10. The number of hydrazine groups is 1. The number of nitrogens with one attached hydrogen (secondary N) is 3. The van der Waals surface area contributed by atoms with Crippen molar-refractivity contribution in [2.24, 2.45) is 11.8 Å². The lowest BCUT2D eigenvalue weighted by Gasteiger charge is -2.59. The van der Waals surface area contributed by atoms with Crippen molar-refractivity contribution >= 4 is 0 Å². The lowest BCUT2D eigenvalue weighted by molar-refractivity contribution is -0.366. The van der Waals surface area contributed by atoms with Crippen LogP contribution in [0.5, 0.6) is 0 Å². The van der Waals surface area contributed by atoms with E-state index in [4.69, 9.17) is 4.74 Å². The Hall–Kier alpha value is -0.280. The predicted molar refractivity (Wildman–Crippen MR) is 108 cm³/mol. The average molecular weight is 397 g/mol. The molecule has 1 saturated heterocycles. The molecule has 0 bridgehead atoms. The molecular weight excluding hydrogens is 356 g/mol. The van der Waals surface area contributed by atoms with Crippen LogP contribution in [-0.4, -0.2) is 65.2 Å². The van der Waals surface area contributed by atoms with Crippen LogP contribution >= 0.6 is 0 Å². The Morgan fingerprint density at radius 3 is 2.43 bits per heavy atom. The third-order valence-corrected chi connectivity index (χ3v) is 7.20. The van der Waals surface area contributed by atoms with E-state index < -0.39 is 11.6 Å². The maximum atomic E-state index is 12.0. The first-order chi connectivity index (χ1) is 13.6. The number of aliphatic hydroxyl groups excluding tert-OH is 1. The van der Waals surface area contributed by atoms with Crippen molar-refractivity contribution in [3.05, 3.63) is 0 Å². The summed E-state index contributed by atoms with van der Waals surface area (Å²) in [6.45, 7) is 4.53. The maximum Gasteiger partial charge on any atom is 0.260 e. The molecule has 1 aliphatic heterocycles. The van der Waals surface area contributed by atoms with Gasteiger partial charge in [0.15, 0.2) is 5.66 Å². The average Bonchev–Trinajstić information content (AvgIpc) is 3.34. The molecule has 4 aliphatic rings. The van der Waals surface area contributed by atoms with Crippen LogP contribution in [0.3, 0.4) is 0 Å². The summed E-state index contributed by atoms with van der Waals surface area (Å²) in [6.07, 6.45) is 11.3. The van der Waals surface area contributed by atoms with Crippen LogP contribution in [0.2, 0.25) is 0 Å². The number of aliphatic hydroxyl groups is 2. The van der Waals surface area contributed by atoms with E-state index in [2.05, 4.69) is 21.1 Å². The van der Waals surface area contributed by atoms with Gasteiger partial charge in [0.05, 0.1) is 6.10 Å². The number of morpholine rings is 1. The van der Waals surface area contributed by atoms with Crippen molar-refractivity contribution in [1.82, 2.24) is 21.1 Å². The Morgan fingerprint density at radius 1 is 1.07 bits per heavy atom. The fourth-order valence-electron chi connectivity index (χ4n) is 5.33. The van der Waals surface area contributed by atoms with Gasteiger partial charge in [-0.1, -0.05) is 19.3 Å². The molecule has 5 N–H and O–H groups in total. The van der Waals surface area contributed by atoms with Crippen molar-refractivity contribution < 1.29 is 14.9 Å². The molecule has 4 rings (SSSR count). The highest BCUT2D eigenvalue weighted by molar-refractivity contribution is 5.11. The number of nitrogens with zero attached hydrogens (tertiary/aromatic N) is 1. The Kier molecular flexibility index (Phi) is 6.62. The van der Waals surface area contributed by atoms with E-state index in [1.54, 1.807) is 0 Å². The molecule has 0 spiro atoms. The summed E-state index contributed by atoms with van der Waals surface area (Å²) in [7, 11) is 0. The van der Waals surface area contributed by atoms with Gasteiger partial charge in [-0.25, -0.2) is 5.01 Å². The second kappa shape index (κ2) is 8.84. The van der Waals surface area contributed by atoms with E-state index in [0.717, 1.165) is 32.2 Å². The zero-order valence-corrected chi connectivity index (χ0v) is 17.5. The van der Waals surface area contributed by atoms with Gasteiger partial charge in [-0.3, -0.25) is 16.1 Å². The zero-order valence-electron chi connectivity index (χ0n) is 17.5. The minimum absolute atomic E-state index is 0.0853. The minimum atomic E-state index is -1.42. The Balaban J connectivity index is 1.60. The van der Waals surface area contributed by atoms with Crippen molar-refractivity contribution in [1.29, 1.82) is 0 Å². The standard InChI is InChI=1S/C21H40N4O3/c1-16-15-25(23-12-5-13-26)20(18-10-11-18,22-14-17-6-4-7-17)21(27,28-16)24-19-8-2-3-9-19/h16-19,22-24,26-27H,2-15H2,1H3. The van der Waals surface area contributed by atoms with Crippen LogP contribution in [0, 0.1) is 11.8 Å². The molecule has 4 fully saturated rings. The number of hydrogen-bond acceptors (Lipinski definition) is 7. The quantitative estimate of drug-likeness (QED) is 0.281. The summed E-state index contributed by atoms with van der Waals surface area (Å²) in [6, 6.07) is 0.304. The van der Waals surface area contributed by atoms with Crippen LogP contribution in [0.4, 0.5) is 0 Å². The highest BCUT2D eigenvalue weighted by Gasteiger charge is 2.66. The largest absolute Gasteiger partial charge is 0.396 e. The molecule has 0 aromatic heterocycles. The fraction of sp³-hybridized carbons (Fsp3) is 1.00. The first-order valence-corrected chi connectivity index (χ1v) is 11.6. The summed E-state index contributed by atoms with van der Waals surface area (Å²) in [5, 5.41) is 30.9. The van der Waals surface area contributed by atoms with Gasteiger partial charge in [0.1, 0.15) is 0 Å². The molecule has 3 unspecified atom stereocenters. The van der Waals surface area contributed by atoms with E-state index in [1.807, 2.05) is 6.92 Å². The van der Waals surface area contributed by atoms with Gasteiger partial charge in [-0.15, -0.1) is 0 Å². The molecule has 0 aromatic rings. The Labute approximate surface area is 169 Å². The van der Waals surface area contributed by atoms with E-state index in [0.29, 0.717) is 37.4 Å². The van der Waals surface area contributed by atoms with Crippen LogP contribution in [0.25, 0.3) is 0 Å². The number of ether oxygens (including phenoxy) is 1. The van der Waals surface area contributed by atoms with E-state index >= 15 is 0 Å². The van der Waals surface area contributed by atoms with Gasteiger partial charge in [0.25, 0.3) is 5.91 Å². The lowest BCUT2D eigenvalue weighted by atomic mass is 9.84. The van der Waals surface area contributed by atoms with Crippen molar-refractivity contribution in [3.8, 4) is 0 Å². The first kappa shape index (κ1) is 21.0. The summed E-state index contributed by atoms with van der Waals surface area (Å²) >= 11 is 0. The van der Waals surface area contributed by atoms with E-state index in [9.17, 15) is 10.2 Å². The molecule has 7 nitrogen and oxygen atoms in total. The molecule has 0 amide bonds. The molecular formula is C21H40N4O3. The van der Waals surface area contributed by atoms with Gasteiger partial charge < -0.3 is 14.9 Å². The third kappa shape index (κ3) is 4.13. The minimum Gasteiger partial charge on any atom is -0.396 e. The van der Waals surface area contributed by atoms with Crippen LogP contribution in [-0.2, 0) is 4.74 Å². The molecule has 3 aliphatic carbocycles. The highest BCUT2D eigenvalue weighted by atomic mass is 16.7. The van der Waals surface area contributed by atoms with Gasteiger partial charge >= 0.3 is 0 Å². The molecule has 1 heterocycles. The highest BCUT2D eigenvalue weighted by Crippen LogP contribution is 2.49. The van der Waals surface area contributed by atoms with Gasteiger partial charge in [-0.2, -0.15) is 0 Å². The molecule has 3 atom stereocenters. The van der Waals surface area contributed by atoms with Gasteiger partial charge in [0.2, 0.25) is 0 Å². The summed E-state index contributed by atoms with van der Waals surface area (Å²) < 4.78 is 6.32. The predicted octanol–water partition coefficient (Wildman–Crippen LogP) is 1.27. The molecule has 162 valence electrons. The fourth-order valence-corrected chi connectivity index (χ4v) is 5.33. The zero-order chi connectivity index (χ0) is 19.6. The molecule has 28 heavy (non-hydrogen) atoms.